The third kappa shape index (κ3) is 2.82. The molecule has 1 aromatic carbocycles. The van der Waals surface area contributed by atoms with Crippen LogP contribution < -0.4 is 0 Å². The molecule has 0 atom stereocenters. The Balaban J connectivity index is 2.27. The van der Waals surface area contributed by atoms with Crippen LogP contribution in [0.15, 0.2) is 41.0 Å². The van der Waals surface area contributed by atoms with Gasteiger partial charge in [0, 0.05) is 28.3 Å². The van der Waals surface area contributed by atoms with Crippen LogP contribution in [0.3, 0.4) is 0 Å². The first-order chi connectivity index (χ1) is 8.58. The largest absolute Gasteiger partial charge is 0.294 e. The monoisotopic (exact) mass is 307 g/mol. The molecule has 0 amide bonds. The summed E-state index contributed by atoms with van der Waals surface area (Å²) in [4.78, 5) is 16.1. The molecular weight excluding hydrogens is 297 g/mol. The Morgan fingerprint density at radius 2 is 2.17 bits per heavy atom. The number of nitrogens with zero attached hydrogens (tertiary/aromatic N) is 1. The topological polar surface area (TPSA) is 30.0 Å². The number of hydrogen-bond donors (Lipinski definition) is 0. The minimum absolute atomic E-state index is 0.0395. The van der Waals surface area contributed by atoms with Crippen LogP contribution in [-0.2, 0) is 6.42 Å². The fourth-order valence-corrected chi connectivity index (χ4v) is 2.13. The van der Waals surface area contributed by atoms with Gasteiger partial charge in [-0.3, -0.25) is 9.78 Å². The van der Waals surface area contributed by atoms with Crippen molar-refractivity contribution in [1.82, 2.24) is 4.98 Å². The molecule has 0 aliphatic heterocycles. The van der Waals surface area contributed by atoms with E-state index >= 15 is 0 Å². The molecule has 2 nitrogen and oxygen atoms in total. The molecule has 0 saturated carbocycles. The van der Waals surface area contributed by atoms with E-state index < -0.39 is 0 Å². The van der Waals surface area contributed by atoms with Crippen LogP contribution in [-0.4, -0.2) is 10.8 Å². The van der Waals surface area contributed by atoms with Crippen molar-refractivity contribution in [2.75, 3.05) is 0 Å². The highest BCUT2D eigenvalue weighted by Gasteiger charge is 2.13. The number of benzene rings is 1. The van der Waals surface area contributed by atoms with E-state index in [4.69, 9.17) is 0 Å². The van der Waals surface area contributed by atoms with Crippen LogP contribution in [0.2, 0.25) is 0 Å². The van der Waals surface area contributed by atoms with E-state index in [2.05, 4.69) is 20.9 Å². The van der Waals surface area contributed by atoms with Crippen molar-refractivity contribution in [3.05, 3.63) is 63.6 Å². The normalized spacial score (nSPS) is 10.4. The zero-order chi connectivity index (χ0) is 13.1. The Hall–Kier alpha value is -1.55. The predicted molar refractivity (Wildman–Crippen MR) is 71.1 cm³/mol. The molecule has 0 unspecified atom stereocenters. The molecule has 0 bridgehead atoms. The van der Waals surface area contributed by atoms with Gasteiger partial charge in [0.15, 0.2) is 5.78 Å². The maximum atomic E-state index is 13.6. The quantitative estimate of drug-likeness (QED) is 0.809. The molecule has 4 heteroatoms. The van der Waals surface area contributed by atoms with Gasteiger partial charge < -0.3 is 0 Å². The smallest absolute Gasteiger partial charge is 0.169 e. The Morgan fingerprint density at radius 1 is 1.39 bits per heavy atom. The molecule has 1 aromatic heterocycles. The zero-order valence-electron chi connectivity index (χ0n) is 9.78. The van der Waals surface area contributed by atoms with Gasteiger partial charge in [-0.25, -0.2) is 4.39 Å². The standard InChI is InChI=1S/C14H11BrFNO/c1-9-12(3-2-6-17-9)14(18)8-10-7-11(15)4-5-13(10)16/h2-7H,8H2,1H3. The molecule has 1 heterocycles. The molecule has 2 rings (SSSR count). The van der Waals surface area contributed by atoms with Gasteiger partial charge in [0.25, 0.3) is 0 Å². The Labute approximate surface area is 113 Å². The van der Waals surface area contributed by atoms with Crippen molar-refractivity contribution in [3.63, 3.8) is 0 Å². The summed E-state index contributed by atoms with van der Waals surface area (Å²) in [6.07, 6.45) is 1.67. The van der Waals surface area contributed by atoms with E-state index in [1.807, 2.05) is 0 Å². The minimum Gasteiger partial charge on any atom is -0.294 e. The molecule has 0 saturated heterocycles. The van der Waals surface area contributed by atoms with E-state index in [1.165, 1.54) is 6.07 Å². The zero-order valence-corrected chi connectivity index (χ0v) is 11.4. The van der Waals surface area contributed by atoms with Crippen molar-refractivity contribution in [2.45, 2.75) is 13.3 Å². The Kier molecular flexibility index (Phi) is 3.87. The molecule has 0 radical (unpaired) electrons. The first-order valence-electron chi connectivity index (χ1n) is 5.46. The number of Topliss-reactive ketones (excluding diaryl/α,β-unsaturated/α-hetero) is 1. The summed E-state index contributed by atoms with van der Waals surface area (Å²) >= 11 is 3.27. The third-order valence-electron chi connectivity index (χ3n) is 2.67. The third-order valence-corrected chi connectivity index (χ3v) is 3.16. The molecule has 2 aromatic rings. The Morgan fingerprint density at radius 3 is 2.89 bits per heavy atom. The SMILES string of the molecule is Cc1ncccc1C(=O)Cc1cc(Br)ccc1F. The van der Waals surface area contributed by atoms with Gasteiger partial charge in [0.2, 0.25) is 0 Å². The molecule has 0 fully saturated rings. The minimum atomic E-state index is -0.368. The summed E-state index contributed by atoms with van der Waals surface area (Å²) in [5.74, 6) is -0.495. The molecule has 92 valence electrons. The van der Waals surface area contributed by atoms with Crippen molar-refractivity contribution in [2.24, 2.45) is 0 Å². The number of pyridine rings is 1. The van der Waals surface area contributed by atoms with Crippen LogP contribution in [0.25, 0.3) is 0 Å². The summed E-state index contributed by atoms with van der Waals surface area (Å²) in [6.45, 7) is 1.77. The van der Waals surface area contributed by atoms with Crippen molar-refractivity contribution in [1.29, 1.82) is 0 Å². The van der Waals surface area contributed by atoms with E-state index in [-0.39, 0.29) is 18.0 Å². The van der Waals surface area contributed by atoms with E-state index in [1.54, 1.807) is 37.4 Å². The predicted octanol–water partition coefficient (Wildman–Crippen LogP) is 3.72. The lowest BCUT2D eigenvalue weighted by Crippen LogP contribution is -2.07. The number of aryl methyl sites for hydroxylation is 1. The summed E-state index contributed by atoms with van der Waals surface area (Å²) in [6, 6.07) is 8.00. The maximum Gasteiger partial charge on any atom is 0.169 e. The number of ketones is 1. The molecule has 0 spiro atoms. The molecular formula is C14H11BrFNO. The van der Waals surface area contributed by atoms with Crippen LogP contribution in [0, 0.1) is 12.7 Å². The second-order valence-electron chi connectivity index (χ2n) is 3.97. The number of aromatic nitrogens is 1. The van der Waals surface area contributed by atoms with Crippen LogP contribution in [0.1, 0.15) is 21.6 Å². The fraction of sp³-hybridized carbons (Fsp3) is 0.143. The fourth-order valence-electron chi connectivity index (χ4n) is 1.73. The van der Waals surface area contributed by atoms with E-state index in [0.717, 1.165) is 4.47 Å². The second-order valence-corrected chi connectivity index (χ2v) is 4.89. The van der Waals surface area contributed by atoms with E-state index in [0.29, 0.717) is 16.8 Å². The van der Waals surface area contributed by atoms with Crippen molar-refractivity contribution in [3.8, 4) is 0 Å². The number of hydrogen-bond acceptors (Lipinski definition) is 2. The lowest BCUT2D eigenvalue weighted by molar-refractivity contribution is 0.0991. The van der Waals surface area contributed by atoms with Crippen LogP contribution in [0.5, 0.6) is 0 Å². The highest BCUT2D eigenvalue weighted by molar-refractivity contribution is 9.10. The van der Waals surface area contributed by atoms with Crippen LogP contribution in [0.4, 0.5) is 4.39 Å². The van der Waals surface area contributed by atoms with Gasteiger partial charge >= 0.3 is 0 Å². The van der Waals surface area contributed by atoms with Crippen molar-refractivity contribution < 1.29 is 9.18 Å². The Bertz CT molecular complexity index is 598. The highest BCUT2D eigenvalue weighted by atomic mass is 79.9. The number of carbonyl (C=O) groups excluding carboxylic acids is 1. The van der Waals surface area contributed by atoms with Crippen LogP contribution >= 0.6 is 15.9 Å². The first kappa shape index (κ1) is 12.9. The average molecular weight is 308 g/mol. The van der Waals surface area contributed by atoms with Gasteiger partial charge in [0.1, 0.15) is 5.82 Å². The van der Waals surface area contributed by atoms with Crippen molar-refractivity contribution >= 4 is 21.7 Å². The summed E-state index contributed by atoms with van der Waals surface area (Å²) < 4.78 is 14.3. The molecule has 0 N–H and O–H groups in total. The number of carbonyl (C=O) groups is 1. The second kappa shape index (κ2) is 5.40. The van der Waals surface area contributed by atoms with E-state index in [9.17, 15) is 9.18 Å². The average Bonchev–Trinajstić information content (AvgIpc) is 2.34. The summed E-state index contributed by atoms with van der Waals surface area (Å²) in [5.41, 5.74) is 1.59. The van der Waals surface area contributed by atoms with Gasteiger partial charge in [-0.2, -0.15) is 0 Å². The first-order valence-corrected chi connectivity index (χ1v) is 6.26. The summed E-state index contributed by atoms with van der Waals surface area (Å²) in [5, 5.41) is 0. The van der Waals surface area contributed by atoms with Gasteiger partial charge in [-0.15, -0.1) is 0 Å². The summed E-state index contributed by atoms with van der Waals surface area (Å²) in [7, 11) is 0. The van der Waals surface area contributed by atoms with Gasteiger partial charge in [0.05, 0.1) is 0 Å². The number of halogens is 2. The van der Waals surface area contributed by atoms with Gasteiger partial charge in [-0.1, -0.05) is 15.9 Å². The maximum absolute atomic E-state index is 13.6. The molecule has 0 aliphatic carbocycles. The highest BCUT2D eigenvalue weighted by Crippen LogP contribution is 2.18. The lowest BCUT2D eigenvalue weighted by atomic mass is 10.0. The molecule has 18 heavy (non-hydrogen) atoms. The van der Waals surface area contributed by atoms with Gasteiger partial charge in [-0.05, 0) is 42.8 Å². The lowest BCUT2D eigenvalue weighted by Gasteiger charge is -2.05. The number of rotatable bonds is 3. The molecule has 0 aliphatic rings.